The van der Waals surface area contributed by atoms with E-state index in [0.29, 0.717) is 0 Å². The lowest BCUT2D eigenvalue weighted by Gasteiger charge is -2.11. The molecule has 1 aliphatic heterocycles. The van der Waals surface area contributed by atoms with Crippen molar-refractivity contribution in [3.8, 4) is 5.75 Å². The van der Waals surface area contributed by atoms with Gasteiger partial charge in [-0.25, -0.2) is 0 Å². The number of nitrogens with zero attached hydrogens (tertiary/aromatic N) is 1. The molecule has 0 saturated carbocycles. The molecular formula is C16H19NO2. The Balaban J connectivity index is 1.69. The highest BCUT2D eigenvalue weighted by molar-refractivity contribution is 5.40. The van der Waals surface area contributed by atoms with Crippen LogP contribution in [0, 0.1) is 6.92 Å². The Morgan fingerprint density at radius 1 is 1.42 bits per heavy atom. The van der Waals surface area contributed by atoms with Crippen molar-refractivity contribution in [3.63, 3.8) is 0 Å². The summed E-state index contributed by atoms with van der Waals surface area (Å²) in [6, 6.07) is 8.30. The fourth-order valence-corrected chi connectivity index (χ4v) is 2.61. The molecule has 0 amide bonds. The molecule has 2 aromatic rings. The molecule has 3 heteroatoms. The maximum atomic E-state index is 9.53. The van der Waals surface area contributed by atoms with Crippen molar-refractivity contribution in [1.29, 1.82) is 0 Å². The van der Waals surface area contributed by atoms with E-state index in [4.69, 9.17) is 4.74 Å². The van der Waals surface area contributed by atoms with Gasteiger partial charge in [0.05, 0.1) is 12.6 Å². The van der Waals surface area contributed by atoms with Crippen molar-refractivity contribution in [2.45, 2.75) is 39.0 Å². The second-order valence-corrected chi connectivity index (χ2v) is 5.37. The van der Waals surface area contributed by atoms with Crippen LogP contribution in [0.4, 0.5) is 0 Å². The van der Waals surface area contributed by atoms with Crippen LogP contribution in [0.1, 0.15) is 29.7 Å². The second kappa shape index (κ2) is 4.74. The molecule has 0 radical (unpaired) electrons. The second-order valence-electron chi connectivity index (χ2n) is 5.37. The Morgan fingerprint density at radius 3 is 3.00 bits per heavy atom. The molecule has 1 aromatic carbocycles. The smallest absolute Gasteiger partial charge is 0.123 e. The van der Waals surface area contributed by atoms with Crippen molar-refractivity contribution >= 4 is 0 Å². The van der Waals surface area contributed by atoms with Crippen LogP contribution in [0.25, 0.3) is 0 Å². The lowest BCUT2D eigenvalue weighted by Crippen LogP contribution is -2.19. The zero-order valence-corrected chi connectivity index (χ0v) is 11.3. The molecule has 0 aliphatic carbocycles. The molecule has 0 bridgehead atoms. The molecule has 2 atom stereocenters. The van der Waals surface area contributed by atoms with Crippen LogP contribution in [0.3, 0.4) is 0 Å². The molecule has 3 nitrogen and oxygen atoms in total. The molecule has 2 unspecified atom stereocenters. The number of aliphatic hydroxyl groups excluding tert-OH is 1. The van der Waals surface area contributed by atoms with Gasteiger partial charge in [-0.15, -0.1) is 0 Å². The number of hydrogen-bond acceptors (Lipinski definition) is 2. The summed E-state index contributed by atoms with van der Waals surface area (Å²) in [5, 5.41) is 9.53. The highest BCUT2D eigenvalue weighted by Gasteiger charge is 2.23. The quantitative estimate of drug-likeness (QED) is 0.917. The molecule has 0 fully saturated rings. The van der Waals surface area contributed by atoms with Gasteiger partial charge in [0.1, 0.15) is 11.9 Å². The van der Waals surface area contributed by atoms with Crippen LogP contribution >= 0.6 is 0 Å². The summed E-state index contributed by atoms with van der Waals surface area (Å²) in [4.78, 5) is 0. The van der Waals surface area contributed by atoms with E-state index in [9.17, 15) is 5.11 Å². The van der Waals surface area contributed by atoms with Gasteiger partial charge in [-0.3, -0.25) is 0 Å². The van der Waals surface area contributed by atoms with Gasteiger partial charge >= 0.3 is 0 Å². The molecule has 1 aliphatic rings. The third-order valence-corrected chi connectivity index (χ3v) is 3.63. The van der Waals surface area contributed by atoms with Crippen molar-refractivity contribution in [3.05, 3.63) is 53.3 Å². The number of benzene rings is 1. The fraction of sp³-hybridized carbons (Fsp3) is 0.375. The van der Waals surface area contributed by atoms with E-state index in [2.05, 4.69) is 29.7 Å². The SMILES string of the molecule is Cc1ccc2c(c1)CC(Cn1ccc(C(C)O)c1)O2. The minimum atomic E-state index is -0.411. The molecule has 0 spiro atoms. The third-order valence-electron chi connectivity index (χ3n) is 3.63. The van der Waals surface area contributed by atoms with Crippen LogP contribution in [0.15, 0.2) is 36.7 Å². The Labute approximate surface area is 113 Å². The first-order chi connectivity index (χ1) is 9.11. The predicted octanol–water partition coefficient (Wildman–Crippen LogP) is 2.85. The average Bonchev–Trinajstić information content (AvgIpc) is 2.95. The van der Waals surface area contributed by atoms with Crippen molar-refractivity contribution < 1.29 is 9.84 Å². The Hall–Kier alpha value is -1.74. The van der Waals surface area contributed by atoms with Gasteiger partial charge in [0.2, 0.25) is 0 Å². The standard InChI is InChI=1S/C16H19NO2/c1-11-3-4-16-14(7-11)8-15(19-16)10-17-6-5-13(9-17)12(2)18/h3-7,9,12,15,18H,8,10H2,1-2H3. The number of fused-ring (bicyclic) bond motifs is 1. The Kier molecular flexibility index (Phi) is 3.07. The minimum Gasteiger partial charge on any atom is -0.488 e. The van der Waals surface area contributed by atoms with Crippen LogP contribution in [-0.4, -0.2) is 15.8 Å². The molecule has 19 heavy (non-hydrogen) atoms. The minimum absolute atomic E-state index is 0.186. The zero-order valence-electron chi connectivity index (χ0n) is 11.3. The van der Waals surface area contributed by atoms with Crippen molar-refractivity contribution in [2.24, 2.45) is 0 Å². The highest BCUT2D eigenvalue weighted by atomic mass is 16.5. The molecule has 1 aromatic heterocycles. The van der Waals surface area contributed by atoms with Crippen LogP contribution in [0.2, 0.25) is 0 Å². The summed E-state index contributed by atoms with van der Waals surface area (Å²) >= 11 is 0. The average molecular weight is 257 g/mol. The molecule has 2 heterocycles. The number of hydrogen-bond donors (Lipinski definition) is 1. The van der Waals surface area contributed by atoms with Gasteiger partial charge in [-0.1, -0.05) is 17.7 Å². The first kappa shape index (κ1) is 12.3. The first-order valence-electron chi connectivity index (χ1n) is 6.72. The topological polar surface area (TPSA) is 34.4 Å². The summed E-state index contributed by atoms with van der Waals surface area (Å²) in [5.41, 5.74) is 3.53. The largest absolute Gasteiger partial charge is 0.488 e. The fourth-order valence-electron chi connectivity index (χ4n) is 2.61. The van der Waals surface area contributed by atoms with E-state index < -0.39 is 6.10 Å². The third kappa shape index (κ3) is 2.51. The van der Waals surface area contributed by atoms with Crippen molar-refractivity contribution in [1.82, 2.24) is 4.57 Å². The molecule has 3 rings (SSSR count). The molecule has 1 N–H and O–H groups in total. The first-order valence-corrected chi connectivity index (χ1v) is 6.72. The molecule has 0 saturated heterocycles. The van der Waals surface area contributed by atoms with E-state index >= 15 is 0 Å². The van der Waals surface area contributed by atoms with Gasteiger partial charge < -0.3 is 14.4 Å². The molecule has 100 valence electrons. The highest BCUT2D eigenvalue weighted by Crippen LogP contribution is 2.30. The maximum absolute atomic E-state index is 9.53. The van der Waals surface area contributed by atoms with Crippen LogP contribution < -0.4 is 4.74 Å². The van der Waals surface area contributed by atoms with Crippen LogP contribution in [-0.2, 0) is 13.0 Å². The number of aryl methyl sites for hydroxylation is 1. The summed E-state index contributed by atoms with van der Waals surface area (Å²) in [7, 11) is 0. The number of aliphatic hydroxyl groups is 1. The summed E-state index contributed by atoms with van der Waals surface area (Å²) in [6.45, 7) is 4.71. The number of aromatic nitrogens is 1. The Bertz CT molecular complexity index is 586. The zero-order chi connectivity index (χ0) is 13.4. The molecular weight excluding hydrogens is 238 g/mol. The number of rotatable bonds is 3. The van der Waals surface area contributed by atoms with Gasteiger partial charge in [0.25, 0.3) is 0 Å². The summed E-state index contributed by atoms with van der Waals surface area (Å²) < 4.78 is 8.04. The monoisotopic (exact) mass is 257 g/mol. The van der Waals surface area contributed by atoms with Gasteiger partial charge in [-0.05, 0) is 37.1 Å². The Morgan fingerprint density at radius 2 is 2.26 bits per heavy atom. The van der Waals surface area contributed by atoms with Crippen LogP contribution in [0.5, 0.6) is 5.75 Å². The van der Waals surface area contributed by atoms with Gasteiger partial charge in [0.15, 0.2) is 0 Å². The maximum Gasteiger partial charge on any atom is 0.123 e. The van der Waals surface area contributed by atoms with E-state index in [1.54, 1.807) is 6.92 Å². The normalized spacial score (nSPS) is 19.0. The predicted molar refractivity (Wildman–Crippen MR) is 74.4 cm³/mol. The van der Waals surface area contributed by atoms with Gasteiger partial charge in [-0.2, -0.15) is 0 Å². The van der Waals surface area contributed by atoms with E-state index in [0.717, 1.165) is 24.3 Å². The van der Waals surface area contributed by atoms with E-state index in [-0.39, 0.29) is 6.10 Å². The van der Waals surface area contributed by atoms with E-state index in [1.165, 1.54) is 11.1 Å². The van der Waals surface area contributed by atoms with E-state index in [1.807, 2.05) is 18.5 Å². The number of ether oxygens (including phenoxy) is 1. The lowest BCUT2D eigenvalue weighted by molar-refractivity contribution is 0.197. The van der Waals surface area contributed by atoms with Gasteiger partial charge in [0, 0.05) is 18.8 Å². The lowest BCUT2D eigenvalue weighted by atomic mass is 10.1. The summed E-state index contributed by atoms with van der Waals surface area (Å²) in [5.74, 6) is 1.01. The van der Waals surface area contributed by atoms with Crippen molar-refractivity contribution in [2.75, 3.05) is 0 Å². The summed E-state index contributed by atoms with van der Waals surface area (Å²) in [6.07, 6.45) is 4.72.